The Morgan fingerprint density at radius 3 is 2.40 bits per heavy atom. The van der Waals surface area contributed by atoms with E-state index in [2.05, 4.69) is 18.8 Å². The van der Waals surface area contributed by atoms with Crippen molar-refractivity contribution in [2.24, 2.45) is 5.92 Å². The Kier molecular flexibility index (Phi) is 4.33. The largest absolute Gasteiger partial charge is 0.321 e. The zero-order chi connectivity index (χ0) is 15.0. The van der Waals surface area contributed by atoms with Crippen LogP contribution in [-0.4, -0.2) is 9.55 Å². The predicted molar refractivity (Wildman–Crippen MR) is 78.1 cm³/mol. The number of aromatic nitrogens is 2. The fourth-order valence-corrected chi connectivity index (χ4v) is 2.81. The van der Waals surface area contributed by atoms with Crippen LogP contribution in [0.4, 0.5) is 8.78 Å². The van der Waals surface area contributed by atoms with E-state index in [1.165, 1.54) is 6.07 Å². The molecule has 2 atom stereocenters. The van der Waals surface area contributed by atoms with E-state index in [0.29, 0.717) is 17.3 Å². The van der Waals surface area contributed by atoms with Crippen molar-refractivity contribution in [3.05, 3.63) is 29.6 Å². The average Bonchev–Trinajstić information content (AvgIpc) is 2.73. The van der Waals surface area contributed by atoms with Gasteiger partial charge in [0.05, 0.1) is 10.9 Å². The van der Waals surface area contributed by atoms with E-state index in [1.54, 1.807) is 11.5 Å². The molecule has 20 heavy (non-hydrogen) atoms. The lowest BCUT2D eigenvalue weighted by Gasteiger charge is -2.20. The molecule has 0 bridgehead atoms. The Morgan fingerprint density at radius 2 is 1.85 bits per heavy atom. The van der Waals surface area contributed by atoms with E-state index in [-0.39, 0.29) is 16.9 Å². The molecule has 2 nitrogen and oxygen atoms in total. The van der Waals surface area contributed by atoms with Crippen molar-refractivity contribution in [1.29, 1.82) is 0 Å². The fraction of sp³-hybridized carbons (Fsp3) is 0.533. The maximum absolute atomic E-state index is 14.2. The van der Waals surface area contributed by atoms with Crippen LogP contribution in [0.15, 0.2) is 12.1 Å². The lowest BCUT2D eigenvalue weighted by molar-refractivity contribution is 0.419. The molecule has 2 aromatic rings. The first-order valence-electron chi connectivity index (χ1n) is 6.82. The molecule has 0 saturated heterocycles. The first-order valence-corrected chi connectivity index (χ1v) is 7.26. The van der Waals surface area contributed by atoms with Crippen LogP contribution < -0.4 is 0 Å². The normalized spacial score (nSPS) is 15.0. The highest BCUT2D eigenvalue weighted by molar-refractivity contribution is 6.20. The molecule has 1 aromatic heterocycles. The van der Waals surface area contributed by atoms with Gasteiger partial charge in [-0.1, -0.05) is 13.8 Å². The molecule has 2 unspecified atom stereocenters. The number of nitrogens with zero attached hydrogens (tertiary/aromatic N) is 2. The van der Waals surface area contributed by atoms with Crippen molar-refractivity contribution in [1.82, 2.24) is 9.55 Å². The van der Waals surface area contributed by atoms with Gasteiger partial charge in [-0.2, -0.15) is 0 Å². The molecule has 0 fully saturated rings. The van der Waals surface area contributed by atoms with Gasteiger partial charge in [-0.05, 0) is 38.3 Å². The summed E-state index contributed by atoms with van der Waals surface area (Å²) in [6.45, 7) is 7.95. The molecule has 0 aliphatic carbocycles. The van der Waals surface area contributed by atoms with Crippen molar-refractivity contribution < 1.29 is 8.78 Å². The molecule has 5 heteroatoms. The SMILES string of the molecule is CC(C)CC(C)n1c(C(C)Cl)nc2ccc(F)c(F)c21. The Labute approximate surface area is 122 Å². The van der Waals surface area contributed by atoms with E-state index in [0.717, 1.165) is 12.5 Å². The Morgan fingerprint density at radius 1 is 1.20 bits per heavy atom. The van der Waals surface area contributed by atoms with Crippen LogP contribution in [0.1, 0.15) is 51.4 Å². The number of benzene rings is 1. The first-order chi connectivity index (χ1) is 9.32. The van der Waals surface area contributed by atoms with E-state index >= 15 is 0 Å². The molecular formula is C15H19ClF2N2. The van der Waals surface area contributed by atoms with Crippen LogP contribution in [0.5, 0.6) is 0 Å². The zero-order valence-electron chi connectivity index (χ0n) is 12.1. The van der Waals surface area contributed by atoms with Gasteiger partial charge in [-0.3, -0.25) is 0 Å². The monoisotopic (exact) mass is 300 g/mol. The van der Waals surface area contributed by atoms with Gasteiger partial charge in [0.2, 0.25) is 0 Å². The maximum atomic E-state index is 14.2. The summed E-state index contributed by atoms with van der Waals surface area (Å²) in [4.78, 5) is 4.37. The van der Waals surface area contributed by atoms with Crippen LogP contribution in [0.3, 0.4) is 0 Å². The smallest absolute Gasteiger partial charge is 0.184 e. The topological polar surface area (TPSA) is 17.8 Å². The van der Waals surface area contributed by atoms with Gasteiger partial charge in [-0.25, -0.2) is 13.8 Å². The minimum atomic E-state index is -0.857. The number of hydrogen-bond donors (Lipinski definition) is 0. The lowest BCUT2D eigenvalue weighted by Crippen LogP contribution is -2.13. The van der Waals surface area contributed by atoms with Gasteiger partial charge in [0.25, 0.3) is 0 Å². The lowest BCUT2D eigenvalue weighted by atomic mass is 10.0. The fourth-order valence-electron chi connectivity index (χ4n) is 2.66. The molecule has 2 rings (SSSR count). The molecule has 0 aliphatic heterocycles. The van der Waals surface area contributed by atoms with Crippen LogP contribution in [0, 0.1) is 17.6 Å². The standard InChI is InChI=1S/C15H19ClF2N2/c1-8(2)7-9(3)20-14-12(19-15(20)10(4)16)6-5-11(17)13(14)18/h5-6,8-10H,7H2,1-4H3. The van der Waals surface area contributed by atoms with E-state index in [4.69, 9.17) is 11.6 Å². The molecule has 0 spiro atoms. The quantitative estimate of drug-likeness (QED) is 0.708. The molecule has 110 valence electrons. The molecule has 0 N–H and O–H groups in total. The maximum Gasteiger partial charge on any atom is 0.184 e. The molecule has 1 heterocycles. The summed E-state index contributed by atoms with van der Waals surface area (Å²) in [5.74, 6) is -0.685. The summed E-state index contributed by atoms with van der Waals surface area (Å²) in [7, 11) is 0. The first kappa shape index (κ1) is 15.2. The Bertz CT molecular complexity index is 620. The van der Waals surface area contributed by atoms with Gasteiger partial charge in [0.15, 0.2) is 11.6 Å². The number of fused-ring (bicyclic) bond motifs is 1. The van der Waals surface area contributed by atoms with Gasteiger partial charge in [0.1, 0.15) is 11.3 Å². The molecule has 1 aromatic carbocycles. The van der Waals surface area contributed by atoms with Crippen LogP contribution in [0.25, 0.3) is 11.0 Å². The summed E-state index contributed by atoms with van der Waals surface area (Å²) in [6.07, 6.45) is 0.845. The summed E-state index contributed by atoms with van der Waals surface area (Å²) in [5.41, 5.74) is 0.655. The van der Waals surface area contributed by atoms with Crippen molar-refractivity contribution >= 4 is 22.6 Å². The Hall–Kier alpha value is -1.16. The summed E-state index contributed by atoms with van der Waals surface area (Å²) < 4.78 is 29.4. The second kappa shape index (κ2) is 5.68. The average molecular weight is 301 g/mol. The highest BCUT2D eigenvalue weighted by Crippen LogP contribution is 2.32. The molecule has 0 aliphatic rings. The molecule has 0 radical (unpaired) electrons. The Balaban J connectivity index is 2.70. The van der Waals surface area contributed by atoms with Gasteiger partial charge in [-0.15, -0.1) is 11.6 Å². The number of hydrogen-bond acceptors (Lipinski definition) is 1. The second-order valence-electron chi connectivity index (χ2n) is 5.66. The molecular weight excluding hydrogens is 282 g/mol. The highest BCUT2D eigenvalue weighted by atomic mass is 35.5. The van der Waals surface area contributed by atoms with Crippen LogP contribution in [-0.2, 0) is 0 Å². The van der Waals surface area contributed by atoms with E-state index < -0.39 is 11.6 Å². The number of imidazole rings is 1. The van der Waals surface area contributed by atoms with Crippen molar-refractivity contribution in [2.75, 3.05) is 0 Å². The van der Waals surface area contributed by atoms with Gasteiger partial charge < -0.3 is 4.57 Å². The minimum Gasteiger partial charge on any atom is -0.321 e. The van der Waals surface area contributed by atoms with Crippen LogP contribution >= 0.6 is 11.6 Å². The third-order valence-electron chi connectivity index (χ3n) is 3.38. The van der Waals surface area contributed by atoms with Gasteiger partial charge in [0, 0.05) is 6.04 Å². The van der Waals surface area contributed by atoms with E-state index in [1.807, 2.05) is 6.92 Å². The third kappa shape index (κ3) is 2.66. The van der Waals surface area contributed by atoms with Crippen molar-refractivity contribution in [2.45, 2.75) is 45.5 Å². The highest BCUT2D eigenvalue weighted by Gasteiger charge is 2.23. The number of halogens is 3. The number of rotatable bonds is 4. The van der Waals surface area contributed by atoms with E-state index in [9.17, 15) is 8.78 Å². The van der Waals surface area contributed by atoms with Crippen molar-refractivity contribution in [3.63, 3.8) is 0 Å². The predicted octanol–water partition coefficient (Wildman–Crippen LogP) is 5.22. The van der Waals surface area contributed by atoms with Gasteiger partial charge >= 0.3 is 0 Å². The molecule has 0 amide bonds. The number of alkyl halides is 1. The molecule has 0 saturated carbocycles. The second-order valence-corrected chi connectivity index (χ2v) is 6.32. The summed E-state index contributed by atoms with van der Waals surface area (Å²) in [5, 5.41) is -0.362. The summed E-state index contributed by atoms with van der Waals surface area (Å²) in [6, 6.07) is 2.60. The third-order valence-corrected chi connectivity index (χ3v) is 3.57. The minimum absolute atomic E-state index is 0.00694. The summed E-state index contributed by atoms with van der Waals surface area (Å²) >= 11 is 6.15. The van der Waals surface area contributed by atoms with Crippen molar-refractivity contribution in [3.8, 4) is 0 Å². The zero-order valence-corrected chi connectivity index (χ0v) is 12.9. The van der Waals surface area contributed by atoms with Crippen LogP contribution in [0.2, 0.25) is 0 Å².